The zero-order chi connectivity index (χ0) is 12.8. The van der Waals surface area contributed by atoms with Gasteiger partial charge in [0, 0.05) is 5.25 Å². The predicted molar refractivity (Wildman–Crippen MR) is 74.3 cm³/mol. The minimum atomic E-state index is 0.149. The van der Waals surface area contributed by atoms with Crippen LogP contribution in [0.2, 0.25) is 0 Å². The number of benzene rings is 1. The molecular weight excluding hydrogens is 232 g/mol. The summed E-state index contributed by atoms with van der Waals surface area (Å²) in [5.74, 6) is 1.34. The van der Waals surface area contributed by atoms with Crippen LogP contribution in [0.5, 0.6) is 5.75 Å². The smallest absolute Gasteiger partial charge is 0.176 e. The van der Waals surface area contributed by atoms with Gasteiger partial charge in [0.15, 0.2) is 5.78 Å². The van der Waals surface area contributed by atoms with Crippen molar-refractivity contribution in [1.29, 1.82) is 0 Å². The highest BCUT2D eigenvalue weighted by Gasteiger charge is 2.13. The largest absolute Gasteiger partial charge is 0.496 e. The summed E-state index contributed by atoms with van der Waals surface area (Å²) in [6.07, 6.45) is 1.09. The Bertz CT molecular complexity index is 388. The Morgan fingerprint density at radius 3 is 2.76 bits per heavy atom. The van der Waals surface area contributed by atoms with Gasteiger partial charge in [0.25, 0.3) is 0 Å². The molecule has 0 aliphatic rings. The molecule has 2 nitrogen and oxygen atoms in total. The van der Waals surface area contributed by atoms with E-state index in [0.717, 1.165) is 12.0 Å². The molecule has 1 rings (SSSR count). The Morgan fingerprint density at radius 2 is 2.18 bits per heavy atom. The van der Waals surface area contributed by atoms with Crippen molar-refractivity contribution in [3.8, 4) is 5.75 Å². The highest BCUT2D eigenvalue weighted by Crippen LogP contribution is 2.23. The van der Waals surface area contributed by atoms with Gasteiger partial charge in [-0.3, -0.25) is 4.79 Å². The lowest BCUT2D eigenvalue weighted by atomic mass is 10.1. The first-order valence-corrected chi connectivity index (χ1v) is 6.92. The van der Waals surface area contributed by atoms with Crippen molar-refractivity contribution in [2.45, 2.75) is 32.4 Å². The normalized spacial score (nSPS) is 12.2. The van der Waals surface area contributed by atoms with Crippen LogP contribution in [0.3, 0.4) is 0 Å². The fourth-order valence-corrected chi connectivity index (χ4v) is 2.28. The van der Waals surface area contributed by atoms with E-state index in [0.29, 0.717) is 22.3 Å². The first kappa shape index (κ1) is 14.1. The van der Waals surface area contributed by atoms with Gasteiger partial charge < -0.3 is 4.74 Å². The van der Waals surface area contributed by atoms with Crippen molar-refractivity contribution < 1.29 is 9.53 Å². The molecule has 17 heavy (non-hydrogen) atoms. The van der Waals surface area contributed by atoms with Gasteiger partial charge in [0.1, 0.15) is 5.75 Å². The molecule has 0 saturated carbocycles. The second-order valence-corrected chi connectivity index (χ2v) is 5.58. The highest BCUT2D eigenvalue weighted by molar-refractivity contribution is 8.00. The Hall–Kier alpha value is -0.960. The second-order valence-electron chi connectivity index (χ2n) is 4.16. The molecular formula is C14H20O2S. The molecule has 0 aliphatic heterocycles. The van der Waals surface area contributed by atoms with Crippen molar-refractivity contribution >= 4 is 17.5 Å². The van der Waals surface area contributed by atoms with Gasteiger partial charge >= 0.3 is 0 Å². The van der Waals surface area contributed by atoms with Gasteiger partial charge in [0.2, 0.25) is 0 Å². The summed E-state index contributed by atoms with van der Waals surface area (Å²) in [4.78, 5) is 12.1. The number of ether oxygens (including phenoxy) is 1. The van der Waals surface area contributed by atoms with Gasteiger partial charge in [-0.05, 0) is 25.5 Å². The number of carbonyl (C=O) groups excluding carboxylic acids is 1. The van der Waals surface area contributed by atoms with Gasteiger partial charge in [0.05, 0.1) is 18.4 Å². The summed E-state index contributed by atoms with van der Waals surface area (Å²) >= 11 is 1.70. The van der Waals surface area contributed by atoms with Crippen LogP contribution >= 0.6 is 11.8 Å². The number of rotatable bonds is 6. The molecule has 1 aromatic carbocycles. The molecule has 0 aliphatic carbocycles. The van der Waals surface area contributed by atoms with Crippen LogP contribution in [-0.4, -0.2) is 23.9 Å². The number of methoxy groups -OCH3 is 1. The summed E-state index contributed by atoms with van der Waals surface area (Å²) < 4.78 is 5.22. The molecule has 0 aromatic heterocycles. The standard InChI is InChI=1S/C14H20O2S/c1-5-11(3)17-9-13(15)12-8-10(2)6-7-14(12)16-4/h6-8,11H,5,9H2,1-4H3. The lowest BCUT2D eigenvalue weighted by Crippen LogP contribution is -2.08. The second kappa shape index (κ2) is 6.70. The van der Waals surface area contributed by atoms with E-state index in [9.17, 15) is 4.79 Å². The Balaban J connectivity index is 2.77. The van der Waals surface area contributed by atoms with Crippen LogP contribution in [-0.2, 0) is 0 Å². The van der Waals surface area contributed by atoms with Crippen LogP contribution in [0.1, 0.15) is 36.2 Å². The van der Waals surface area contributed by atoms with Crippen molar-refractivity contribution in [1.82, 2.24) is 0 Å². The molecule has 0 spiro atoms. The topological polar surface area (TPSA) is 26.3 Å². The van der Waals surface area contributed by atoms with E-state index in [2.05, 4.69) is 13.8 Å². The maximum absolute atomic E-state index is 12.1. The van der Waals surface area contributed by atoms with E-state index in [1.807, 2.05) is 25.1 Å². The highest BCUT2D eigenvalue weighted by atomic mass is 32.2. The monoisotopic (exact) mass is 252 g/mol. The van der Waals surface area contributed by atoms with Crippen molar-refractivity contribution in [2.75, 3.05) is 12.9 Å². The number of Topliss-reactive ketones (excluding diaryl/α,β-unsaturated/α-hetero) is 1. The molecule has 0 N–H and O–H groups in total. The third kappa shape index (κ3) is 4.08. The molecule has 0 heterocycles. The first-order chi connectivity index (χ1) is 8.08. The molecule has 1 unspecified atom stereocenters. The number of aryl methyl sites for hydroxylation is 1. The summed E-state index contributed by atoms with van der Waals surface area (Å²) in [5, 5.41) is 0.523. The van der Waals surface area contributed by atoms with E-state index in [1.165, 1.54) is 0 Å². The maximum atomic E-state index is 12.1. The minimum Gasteiger partial charge on any atom is -0.496 e. The van der Waals surface area contributed by atoms with Crippen molar-refractivity contribution in [3.63, 3.8) is 0 Å². The lowest BCUT2D eigenvalue weighted by molar-refractivity contribution is 0.101. The Kier molecular flexibility index (Phi) is 5.56. The summed E-state index contributed by atoms with van der Waals surface area (Å²) in [7, 11) is 1.60. The maximum Gasteiger partial charge on any atom is 0.176 e. The average molecular weight is 252 g/mol. The molecule has 1 aromatic rings. The van der Waals surface area contributed by atoms with Gasteiger partial charge in [-0.25, -0.2) is 0 Å². The van der Waals surface area contributed by atoms with Crippen LogP contribution < -0.4 is 4.74 Å². The van der Waals surface area contributed by atoms with Crippen LogP contribution in [0, 0.1) is 6.92 Å². The lowest BCUT2D eigenvalue weighted by Gasteiger charge is -2.10. The molecule has 0 bridgehead atoms. The third-order valence-electron chi connectivity index (χ3n) is 2.73. The number of thioether (sulfide) groups is 1. The molecule has 1 atom stereocenters. The minimum absolute atomic E-state index is 0.149. The fraction of sp³-hybridized carbons (Fsp3) is 0.500. The Labute approximate surface area is 108 Å². The molecule has 0 amide bonds. The summed E-state index contributed by atoms with van der Waals surface area (Å²) in [6, 6.07) is 5.71. The van der Waals surface area contributed by atoms with Crippen molar-refractivity contribution in [2.24, 2.45) is 0 Å². The summed E-state index contributed by atoms with van der Waals surface area (Å²) in [5.41, 5.74) is 1.78. The van der Waals surface area contributed by atoms with Gasteiger partial charge in [-0.2, -0.15) is 11.8 Å². The quantitative estimate of drug-likeness (QED) is 0.722. The van der Waals surface area contributed by atoms with Crippen molar-refractivity contribution in [3.05, 3.63) is 29.3 Å². The van der Waals surface area contributed by atoms with Crippen LogP contribution in [0.25, 0.3) is 0 Å². The zero-order valence-electron chi connectivity index (χ0n) is 10.9. The van der Waals surface area contributed by atoms with Crippen LogP contribution in [0.15, 0.2) is 18.2 Å². The fourth-order valence-electron chi connectivity index (χ4n) is 1.45. The molecule has 3 heteroatoms. The SMILES string of the molecule is CCC(C)SCC(=O)c1cc(C)ccc1OC. The number of ketones is 1. The van der Waals surface area contributed by atoms with E-state index in [1.54, 1.807) is 18.9 Å². The summed E-state index contributed by atoms with van der Waals surface area (Å²) in [6.45, 7) is 6.26. The van der Waals surface area contributed by atoms with E-state index in [-0.39, 0.29) is 5.78 Å². The zero-order valence-corrected chi connectivity index (χ0v) is 11.8. The number of hydrogen-bond acceptors (Lipinski definition) is 3. The third-order valence-corrected chi connectivity index (χ3v) is 4.06. The first-order valence-electron chi connectivity index (χ1n) is 5.88. The van der Waals surface area contributed by atoms with E-state index < -0.39 is 0 Å². The number of hydrogen-bond donors (Lipinski definition) is 0. The Morgan fingerprint density at radius 1 is 1.47 bits per heavy atom. The van der Waals surface area contributed by atoms with Gasteiger partial charge in [-0.1, -0.05) is 25.5 Å². The van der Waals surface area contributed by atoms with E-state index in [4.69, 9.17) is 4.74 Å². The molecule has 0 radical (unpaired) electrons. The molecule has 0 saturated heterocycles. The predicted octanol–water partition coefficient (Wildman–Crippen LogP) is 3.72. The average Bonchev–Trinajstić information content (AvgIpc) is 2.35. The molecule has 0 fully saturated rings. The number of carbonyl (C=O) groups is 1. The van der Waals surface area contributed by atoms with Gasteiger partial charge in [-0.15, -0.1) is 0 Å². The van der Waals surface area contributed by atoms with E-state index >= 15 is 0 Å². The van der Waals surface area contributed by atoms with Crippen LogP contribution in [0.4, 0.5) is 0 Å². The molecule has 94 valence electrons.